The van der Waals surface area contributed by atoms with Gasteiger partial charge in [0.05, 0.1) is 0 Å². The molecule has 0 bridgehead atoms. The Bertz CT molecular complexity index is 798. The van der Waals surface area contributed by atoms with Gasteiger partial charge in [-0.1, -0.05) is 37.3 Å². The van der Waals surface area contributed by atoms with Gasteiger partial charge in [0.1, 0.15) is 12.4 Å². The van der Waals surface area contributed by atoms with Crippen molar-refractivity contribution in [2.24, 2.45) is 0 Å². The number of aromatic nitrogens is 2. The van der Waals surface area contributed by atoms with Crippen LogP contribution in [0.3, 0.4) is 0 Å². The molecule has 132 valence electrons. The smallest absolute Gasteiger partial charge is 0.254 e. The number of hydrogen-bond donors (Lipinski definition) is 0. The lowest BCUT2D eigenvalue weighted by molar-refractivity contribution is -0.135. The average Bonchev–Trinajstić information content (AvgIpc) is 2.64. The molecule has 1 amide bonds. The van der Waals surface area contributed by atoms with Crippen LogP contribution in [0, 0.1) is 6.92 Å². The van der Waals surface area contributed by atoms with E-state index in [0.717, 1.165) is 31.4 Å². The van der Waals surface area contributed by atoms with Gasteiger partial charge in [0.25, 0.3) is 5.56 Å². The van der Waals surface area contributed by atoms with E-state index in [2.05, 4.69) is 11.9 Å². The highest BCUT2D eigenvalue weighted by atomic mass is 16.2. The number of piperidine rings is 1. The van der Waals surface area contributed by atoms with Crippen molar-refractivity contribution in [2.75, 3.05) is 6.54 Å². The molecule has 25 heavy (non-hydrogen) atoms. The fourth-order valence-corrected chi connectivity index (χ4v) is 3.56. The number of carbonyl (C=O) groups excluding carboxylic acids is 1. The molecule has 0 radical (unpaired) electrons. The van der Waals surface area contributed by atoms with E-state index >= 15 is 0 Å². The third-order valence-electron chi connectivity index (χ3n) is 4.88. The molecule has 2 heterocycles. The van der Waals surface area contributed by atoms with Gasteiger partial charge in [-0.25, -0.2) is 4.98 Å². The first-order valence-electron chi connectivity index (χ1n) is 9.03. The van der Waals surface area contributed by atoms with E-state index in [0.29, 0.717) is 11.5 Å². The van der Waals surface area contributed by atoms with Crippen molar-refractivity contribution in [1.29, 1.82) is 0 Å². The molecule has 2 aromatic rings. The number of hydrogen-bond acceptors (Lipinski definition) is 3. The van der Waals surface area contributed by atoms with E-state index in [-0.39, 0.29) is 24.1 Å². The first-order valence-corrected chi connectivity index (χ1v) is 9.03. The Morgan fingerprint density at radius 2 is 2.00 bits per heavy atom. The van der Waals surface area contributed by atoms with Crippen LogP contribution < -0.4 is 5.56 Å². The first kappa shape index (κ1) is 17.4. The van der Waals surface area contributed by atoms with Crippen LogP contribution in [0.5, 0.6) is 0 Å². The van der Waals surface area contributed by atoms with Gasteiger partial charge in [0, 0.05) is 29.9 Å². The van der Waals surface area contributed by atoms with Gasteiger partial charge in [-0.15, -0.1) is 0 Å². The van der Waals surface area contributed by atoms with Crippen molar-refractivity contribution in [2.45, 2.75) is 52.1 Å². The summed E-state index contributed by atoms with van der Waals surface area (Å²) in [6.07, 6.45) is 4.21. The van der Waals surface area contributed by atoms with Crippen molar-refractivity contribution >= 4 is 5.91 Å². The van der Waals surface area contributed by atoms with Crippen molar-refractivity contribution in [3.63, 3.8) is 0 Å². The number of likely N-dealkylation sites (tertiary alicyclic amines) is 1. The Morgan fingerprint density at radius 1 is 1.24 bits per heavy atom. The standard InChI is InChI=1S/C20H25N3O2/c1-3-17-11-7-8-12-22(17)19(25)14-23-18(24)13-15(2)21-20(23)16-9-5-4-6-10-16/h4-6,9-10,13,17H,3,7-8,11-12,14H2,1-2H3. The fourth-order valence-electron chi connectivity index (χ4n) is 3.56. The highest BCUT2D eigenvalue weighted by Crippen LogP contribution is 2.21. The van der Waals surface area contributed by atoms with E-state index in [1.165, 1.54) is 17.1 Å². The molecule has 1 atom stereocenters. The normalized spacial score (nSPS) is 17.5. The second-order valence-corrected chi connectivity index (χ2v) is 6.66. The van der Waals surface area contributed by atoms with Crippen LogP contribution in [0.4, 0.5) is 0 Å². The van der Waals surface area contributed by atoms with Gasteiger partial charge >= 0.3 is 0 Å². The SMILES string of the molecule is CCC1CCCCN1C(=O)Cn1c(-c2ccccc2)nc(C)cc1=O. The molecule has 1 unspecified atom stereocenters. The van der Waals surface area contributed by atoms with Crippen molar-refractivity contribution in [3.05, 3.63) is 52.4 Å². The summed E-state index contributed by atoms with van der Waals surface area (Å²) in [5.74, 6) is 0.570. The molecule has 1 aliphatic heterocycles. The molecule has 5 heteroatoms. The lowest BCUT2D eigenvalue weighted by Gasteiger charge is -2.35. The lowest BCUT2D eigenvalue weighted by Crippen LogP contribution is -2.46. The second-order valence-electron chi connectivity index (χ2n) is 6.66. The Hall–Kier alpha value is -2.43. The highest BCUT2D eigenvalue weighted by Gasteiger charge is 2.26. The summed E-state index contributed by atoms with van der Waals surface area (Å²) in [6.45, 7) is 4.75. The number of amides is 1. The third-order valence-corrected chi connectivity index (χ3v) is 4.88. The molecule has 1 saturated heterocycles. The molecular weight excluding hydrogens is 314 g/mol. The molecule has 1 aromatic carbocycles. The molecule has 1 fully saturated rings. The van der Waals surface area contributed by atoms with Crippen LogP contribution >= 0.6 is 0 Å². The molecule has 0 N–H and O–H groups in total. The number of aryl methyl sites for hydroxylation is 1. The van der Waals surface area contributed by atoms with Gasteiger partial charge < -0.3 is 4.90 Å². The van der Waals surface area contributed by atoms with Gasteiger partial charge in [-0.05, 0) is 32.6 Å². The Kier molecular flexibility index (Phi) is 5.31. The number of benzene rings is 1. The molecule has 5 nitrogen and oxygen atoms in total. The summed E-state index contributed by atoms with van der Waals surface area (Å²) >= 11 is 0. The quantitative estimate of drug-likeness (QED) is 0.860. The average molecular weight is 339 g/mol. The Balaban J connectivity index is 1.94. The summed E-state index contributed by atoms with van der Waals surface area (Å²) < 4.78 is 1.51. The predicted octanol–water partition coefficient (Wildman–Crippen LogP) is 3.01. The molecule has 1 aliphatic rings. The van der Waals surface area contributed by atoms with Crippen LogP contribution in [-0.4, -0.2) is 32.9 Å². The van der Waals surface area contributed by atoms with E-state index in [1.54, 1.807) is 6.92 Å². The van der Waals surface area contributed by atoms with E-state index < -0.39 is 0 Å². The van der Waals surface area contributed by atoms with Crippen LogP contribution in [0.1, 0.15) is 38.3 Å². The van der Waals surface area contributed by atoms with Crippen molar-refractivity contribution in [3.8, 4) is 11.4 Å². The molecule has 0 saturated carbocycles. The van der Waals surface area contributed by atoms with Crippen molar-refractivity contribution < 1.29 is 4.79 Å². The summed E-state index contributed by atoms with van der Waals surface area (Å²) in [5, 5.41) is 0. The molecule has 1 aromatic heterocycles. The maximum absolute atomic E-state index is 12.9. The predicted molar refractivity (Wildman–Crippen MR) is 98.3 cm³/mol. The summed E-state index contributed by atoms with van der Waals surface area (Å²) in [6, 6.07) is 11.4. The van der Waals surface area contributed by atoms with Crippen LogP contribution in [0.2, 0.25) is 0 Å². The van der Waals surface area contributed by atoms with Gasteiger partial charge in [0.2, 0.25) is 5.91 Å². The van der Waals surface area contributed by atoms with Crippen LogP contribution in [0.15, 0.2) is 41.2 Å². The minimum Gasteiger partial charge on any atom is -0.338 e. The topological polar surface area (TPSA) is 55.2 Å². The maximum atomic E-state index is 12.9. The van der Waals surface area contributed by atoms with Gasteiger partial charge in [-0.3, -0.25) is 14.2 Å². The van der Waals surface area contributed by atoms with E-state index in [9.17, 15) is 9.59 Å². The lowest BCUT2D eigenvalue weighted by atomic mass is 10.00. The highest BCUT2D eigenvalue weighted by molar-refractivity contribution is 5.77. The van der Waals surface area contributed by atoms with Gasteiger partial charge in [-0.2, -0.15) is 0 Å². The maximum Gasteiger partial charge on any atom is 0.254 e. The zero-order valence-corrected chi connectivity index (χ0v) is 14.9. The zero-order valence-electron chi connectivity index (χ0n) is 14.9. The third kappa shape index (κ3) is 3.81. The van der Waals surface area contributed by atoms with Crippen molar-refractivity contribution in [1.82, 2.24) is 14.5 Å². The minimum atomic E-state index is -0.176. The Labute approximate surface area is 148 Å². The van der Waals surface area contributed by atoms with Crippen LogP contribution in [0.25, 0.3) is 11.4 Å². The number of carbonyl (C=O) groups is 1. The van der Waals surface area contributed by atoms with Gasteiger partial charge in [0.15, 0.2) is 0 Å². The first-order chi connectivity index (χ1) is 12.1. The summed E-state index contributed by atoms with van der Waals surface area (Å²) in [7, 11) is 0. The molecule has 0 aliphatic carbocycles. The number of rotatable bonds is 4. The summed E-state index contributed by atoms with van der Waals surface area (Å²) in [5.41, 5.74) is 1.34. The molecule has 0 spiro atoms. The zero-order chi connectivity index (χ0) is 17.8. The second kappa shape index (κ2) is 7.64. The van der Waals surface area contributed by atoms with Crippen LogP contribution in [-0.2, 0) is 11.3 Å². The van der Waals surface area contributed by atoms with E-state index in [1.807, 2.05) is 35.2 Å². The largest absolute Gasteiger partial charge is 0.338 e. The minimum absolute atomic E-state index is 0.0106. The summed E-state index contributed by atoms with van der Waals surface area (Å²) in [4.78, 5) is 31.9. The number of nitrogens with zero attached hydrogens (tertiary/aromatic N) is 3. The Morgan fingerprint density at radius 3 is 2.72 bits per heavy atom. The fraction of sp³-hybridized carbons (Fsp3) is 0.450. The molecule has 3 rings (SSSR count). The van der Waals surface area contributed by atoms with E-state index in [4.69, 9.17) is 0 Å². The monoisotopic (exact) mass is 339 g/mol. The molecular formula is C20H25N3O2.